The number of methoxy groups -OCH3 is 1. The van der Waals surface area contributed by atoms with Crippen LogP contribution < -0.4 is 15.4 Å². The van der Waals surface area contributed by atoms with E-state index < -0.39 is 14.7 Å². The summed E-state index contributed by atoms with van der Waals surface area (Å²) in [6.45, 7) is 11.8. The van der Waals surface area contributed by atoms with Gasteiger partial charge in [0, 0.05) is 45.8 Å². The minimum atomic E-state index is -2.44. The molecular formula is C34H52N4O7Si. The zero-order valence-electron chi connectivity index (χ0n) is 28.1. The molecule has 12 heteroatoms. The van der Waals surface area contributed by atoms with Crippen LogP contribution in [0.5, 0.6) is 5.75 Å². The molecule has 3 amide bonds. The van der Waals surface area contributed by atoms with Crippen molar-refractivity contribution in [1.29, 1.82) is 0 Å². The van der Waals surface area contributed by atoms with Gasteiger partial charge < -0.3 is 33.9 Å². The number of hydrogen-bond acceptors (Lipinski definition) is 8. The lowest BCUT2D eigenvalue weighted by atomic mass is 10.1. The van der Waals surface area contributed by atoms with Crippen molar-refractivity contribution in [3.05, 3.63) is 65.7 Å². The first-order valence-electron chi connectivity index (χ1n) is 16.3. The summed E-state index contributed by atoms with van der Waals surface area (Å²) < 4.78 is 23.4. The van der Waals surface area contributed by atoms with Gasteiger partial charge in [0.15, 0.2) is 0 Å². The maximum atomic E-state index is 13.2. The van der Waals surface area contributed by atoms with Crippen molar-refractivity contribution in [2.75, 3.05) is 53.0 Å². The number of nitrogens with zero attached hydrogens (tertiary/aromatic N) is 2. The Balaban J connectivity index is 1.57. The summed E-state index contributed by atoms with van der Waals surface area (Å²) in [5, 5.41) is 5.69. The molecule has 1 aliphatic heterocycles. The van der Waals surface area contributed by atoms with Crippen LogP contribution in [0.2, 0.25) is 12.1 Å². The molecule has 0 bridgehead atoms. The van der Waals surface area contributed by atoms with Gasteiger partial charge in [-0.3, -0.25) is 14.5 Å². The first-order valence-corrected chi connectivity index (χ1v) is 18.5. The Labute approximate surface area is 275 Å². The molecule has 254 valence electrons. The largest absolute Gasteiger partial charge is 0.497 e. The highest BCUT2D eigenvalue weighted by Crippen LogP contribution is 2.22. The van der Waals surface area contributed by atoms with Crippen molar-refractivity contribution in [2.24, 2.45) is 5.92 Å². The second-order valence-corrected chi connectivity index (χ2v) is 15.8. The molecule has 0 aliphatic carbocycles. The zero-order valence-corrected chi connectivity index (χ0v) is 29.1. The molecule has 1 atom stereocenters. The fraction of sp³-hybridized carbons (Fsp3) is 0.559. The summed E-state index contributed by atoms with van der Waals surface area (Å²) in [4.78, 5) is 42.3. The van der Waals surface area contributed by atoms with Crippen molar-refractivity contribution in [3.8, 4) is 5.75 Å². The van der Waals surface area contributed by atoms with Gasteiger partial charge in [-0.05, 0) is 41.3 Å². The number of amides is 3. The molecule has 1 saturated heterocycles. The number of benzene rings is 2. The highest BCUT2D eigenvalue weighted by Gasteiger charge is 2.37. The quantitative estimate of drug-likeness (QED) is 0.228. The number of ether oxygens (including phenoxy) is 2. The summed E-state index contributed by atoms with van der Waals surface area (Å²) in [6, 6.07) is 18.5. The molecular weight excluding hydrogens is 604 g/mol. The van der Waals surface area contributed by atoms with Gasteiger partial charge in [-0.2, -0.15) is 0 Å². The summed E-state index contributed by atoms with van der Waals surface area (Å²) in [7, 11) is -0.824. The molecule has 2 aromatic rings. The molecule has 2 aromatic carbocycles. The lowest BCUT2D eigenvalue weighted by Gasteiger charge is -2.42. The monoisotopic (exact) mass is 656 g/mol. The van der Waals surface area contributed by atoms with E-state index in [0.717, 1.165) is 29.0 Å². The van der Waals surface area contributed by atoms with Crippen molar-refractivity contribution >= 4 is 26.5 Å². The van der Waals surface area contributed by atoms with Crippen molar-refractivity contribution in [1.82, 2.24) is 20.4 Å². The van der Waals surface area contributed by atoms with Gasteiger partial charge in [-0.25, -0.2) is 4.79 Å². The molecule has 2 N–H and O–H groups in total. The normalized spacial score (nSPS) is 15.4. The van der Waals surface area contributed by atoms with E-state index in [-0.39, 0.29) is 44.0 Å². The number of alkyl carbamates (subject to hydrolysis) is 1. The van der Waals surface area contributed by atoms with Crippen LogP contribution in [0, 0.1) is 5.92 Å². The molecule has 1 heterocycles. The van der Waals surface area contributed by atoms with Crippen LogP contribution in [0.4, 0.5) is 4.79 Å². The van der Waals surface area contributed by atoms with E-state index in [1.54, 1.807) is 12.0 Å². The lowest BCUT2D eigenvalue weighted by Crippen LogP contribution is -2.59. The Kier molecular flexibility index (Phi) is 15.5. The van der Waals surface area contributed by atoms with Crippen LogP contribution in [-0.2, 0) is 36.3 Å². The average Bonchev–Trinajstić information content (AvgIpc) is 3.08. The summed E-state index contributed by atoms with van der Waals surface area (Å²) >= 11 is 0. The molecule has 1 fully saturated rings. The molecule has 46 heavy (non-hydrogen) atoms. The van der Waals surface area contributed by atoms with Gasteiger partial charge in [-0.1, -0.05) is 70.2 Å². The third-order valence-electron chi connectivity index (χ3n) is 8.07. The van der Waals surface area contributed by atoms with E-state index in [2.05, 4.69) is 43.2 Å². The molecule has 11 nitrogen and oxygen atoms in total. The molecule has 0 aromatic heterocycles. The zero-order chi connectivity index (χ0) is 33.4. The van der Waals surface area contributed by atoms with Crippen molar-refractivity contribution < 1.29 is 32.7 Å². The smallest absolute Gasteiger partial charge is 0.407 e. The van der Waals surface area contributed by atoms with E-state index in [0.29, 0.717) is 45.3 Å². The molecule has 3 rings (SSSR count). The van der Waals surface area contributed by atoms with Crippen LogP contribution >= 0.6 is 0 Å². The average molecular weight is 657 g/mol. The molecule has 1 aliphatic rings. The van der Waals surface area contributed by atoms with Gasteiger partial charge in [-0.15, -0.1) is 0 Å². The molecule has 0 radical (unpaired) electrons. The Morgan fingerprint density at radius 1 is 0.935 bits per heavy atom. The number of piperazine rings is 1. The van der Waals surface area contributed by atoms with Crippen LogP contribution in [-0.4, -0.2) is 95.4 Å². The van der Waals surface area contributed by atoms with Gasteiger partial charge in [0.05, 0.1) is 26.3 Å². The molecule has 0 spiro atoms. The first-order chi connectivity index (χ1) is 22.2. The number of rotatable bonds is 18. The minimum Gasteiger partial charge on any atom is -0.497 e. The van der Waals surface area contributed by atoms with E-state index in [4.69, 9.17) is 18.3 Å². The van der Waals surface area contributed by atoms with Gasteiger partial charge in [0.1, 0.15) is 12.4 Å². The Bertz CT molecular complexity index is 1210. The van der Waals surface area contributed by atoms with Crippen LogP contribution in [0.15, 0.2) is 54.6 Å². The predicted molar refractivity (Wildman–Crippen MR) is 179 cm³/mol. The second kappa shape index (κ2) is 19.3. The standard InChI is InChI=1S/C34H52N4O7Si/c1-6-46(7-2,44-24-27(3)4)45-26-30-22-38(33(40)17-18-35-34(41)43-25-29-11-9-8-10-12-29)20-19-37(30)23-32(39)36-21-28-13-15-31(42-5)16-14-28/h8-16,27,30H,6-7,17-26H2,1-5H3,(H,35,41)(H,36,39). The van der Waals surface area contributed by atoms with Crippen molar-refractivity contribution in [2.45, 2.75) is 65.4 Å². The highest BCUT2D eigenvalue weighted by atomic mass is 28.4. The number of hydrogen-bond donors (Lipinski definition) is 2. The number of carbonyl (C=O) groups is 3. The maximum Gasteiger partial charge on any atom is 0.407 e. The lowest BCUT2D eigenvalue weighted by molar-refractivity contribution is -0.135. The van der Waals surface area contributed by atoms with Crippen LogP contribution in [0.25, 0.3) is 0 Å². The SMILES string of the molecule is CC[Si](CC)(OCC(C)C)OCC1CN(C(=O)CCNC(=O)OCc2ccccc2)CCN1CC(=O)NCc1ccc(OC)cc1. The fourth-order valence-corrected chi connectivity index (χ4v) is 7.67. The molecule has 0 saturated carbocycles. The maximum absolute atomic E-state index is 13.2. The van der Waals surface area contributed by atoms with Crippen molar-refractivity contribution in [3.63, 3.8) is 0 Å². The number of nitrogens with one attached hydrogen (secondary N) is 2. The van der Waals surface area contributed by atoms with Crippen LogP contribution in [0.1, 0.15) is 45.2 Å². The fourth-order valence-electron chi connectivity index (χ4n) is 5.14. The second-order valence-electron chi connectivity index (χ2n) is 12.0. The predicted octanol–water partition coefficient (Wildman–Crippen LogP) is 4.31. The summed E-state index contributed by atoms with van der Waals surface area (Å²) in [5.74, 6) is 0.999. The van der Waals surface area contributed by atoms with E-state index in [1.165, 1.54) is 0 Å². The Hall–Kier alpha value is -3.45. The van der Waals surface area contributed by atoms with Gasteiger partial charge in [0.25, 0.3) is 0 Å². The van der Waals surface area contributed by atoms with E-state index in [9.17, 15) is 14.4 Å². The third kappa shape index (κ3) is 12.4. The van der Waals surface area contributed by atoms with Gasteiger partial charge >= 0.3 is 14.7 Å². The summed E-state index contributed by atoms with van der Waals surface area (Å²) in [6.07, 6.45) is -0.411. The Morgan fingerprint density at radius 3 is 2.30 bits per heavy atom. The van der Waals surface area contributed by atoms with E-state index >= 15 is 0 Å². The summed E-state index contributed by atoms with van der Waals surface area (Å²) in [5.41, 5.74) is 1.87. The van der Waals surface area contributed by atoms with Gasteiger partial charge in [0.2, 0.25) is 11.8 Å². The topological polar surface area (TPSA) is 119 Å². The number of carbonyl (C=O) groups excluding carboxylic acids is 3. The Morgan fingerprint density at radius 2 is 1.65 bits per heavy atom. The first kappa shape index (κ1) is 37.0. The highest BCUT2D eigenvalue weighted by molar-refractivity contribution is 6.67. The third-order valence-corrected chi connectivity index (χ3v) is 11.6. The van der Waals surface area contributed by atoms with Crippen LogP contribution in [0.3, 0.4) is 0 Å². The van der Waals surface area contributed by atoms with E-state index in [1.807, 2.05) is 54.6 Å². The molecule has 1 unspecified atom stereocenters. The minimum absolute atomic E-state index is 0.0671.